The highest BCUT2D eigenvalue weighted by atomic mass is 32.5. The van der Waals surface area contributed by atoms with Gasteiger partial charge in [-0.05, 0) is 23.9 Å². The van der Waals surface area contributed by atoms with Crippen LogP contribution in [0.1, 0.15) is 0 Å². The van der Waals surface area contributed by atoms with E-state index in [1.165, 1.54) is 6.26 Å². The highest BCUT2D eigenvalue weighted by Gasteiger charge is 2.14. The fourth-order valence-corrected chi connectivity index (χ4v) is 2.20. The number of hydrogen-bond donors (Lipinski definition) is 1. The quantitative estimate of drug-likeness (QED) is 0.595. The van der Waals surface area contributed by atoms with Gasteiger partial charge in [-0.3, -0.25) is 0 Å². The van der Waals surface area contributed by atoms with Crippen LogP contribution in [0.5, 0.6) is 0 Å². The predicted octanol–water partition coefficient (Wildman–Crippen LogP) is 1.77. The third-order valence-corrected chi connectivity index (χ3v) is 3.58. The number of rotatable bonds is 3. The molecule has 1 rings (SSSR count). The zero-order valence-corrected chi connectivity index (χ0v) is 8.09. The van der Waals surface area contributed by atoms with Crippen LogP contribution in [0.25, 0.3) is 0 Å². The van der Waals surface area contributed by atoms with E-state index in [1.807, 2.05) is 6.07 Å². The first-order chi connectivity index (χ1) is 5.67. The van der Waals surface area contributed by atoms with Gasteiger partial charge in [0.25, 0.3) is 6.49 Å². The molecular weight excluding hydrogens is 191 g/mol. The van der Waals surface area contributed by atoms with Crippen molar-refractivity contribution in [3.63, 3.8) is 0 Å². The Labute approximate surface area is 76.7 Å². The zero-order valence-electron chi connectivity index (χ0n) is 6.38. The molecule has 0 bridgehead atoms. The van der Waals surface area contributed by atoms with Gasteiger partial charge in [-0.1, -0.05) is 24.8 Å². The third kappa shape index (κ3) is 2.18. The second-order valence-electron chi connectivity index (χ2n) is 2.13. The molecule has 0 aliphatic rings. The summed E-state index contributed by atoms with van der Waals surface area (Å²) in [4.78, 5) is 9.62. The Morgan fingerprint density at radius 2 is 2.00 bits per heavy atom. The first-order valence-electron chi connectivity index (χ1n) is 3.34. The van der Waals surface area contributed by atoms with Crippen LogP contribution >= 0.6 is 6.49 Å². The summed E-state index contributed by atoms with van der Waals surface area (Å²) in [5, 5.41) is 0.639. The van der Waals surface area contributed by atoms with Crippen molar-refractivity contribution < 1.29 is 9.42 Å². The minimum atomic E-state index is -2.83. The molecule has 1 aromatic carbocycles. The molecule has 0 aliphatic heterocycles. The van der Waals surface area contributed by atoms with Gasteiger partial charge in [0.1, 0.15) is 0 Å². The van der Waals surface area contributed by atoms with Gasteiger partial charge in [0.2, 0.25) is 0 Å². The molecule has 1 aromatic rings. The topological polar surface area (TPSA) is 29.5 Å². The maximum Gasteiger partial charge on any atom is 0.265 e. The lowest BCUT2D eigenvalue weighted by molar-refractivity contribution is 0.449. The monoisotopic (exact) mass is 200 g/mol. The van der Waals surface area contributed by atoms with Crippen molar-refractivity contribution in [1.29, 1.82) is 0 Å². The van der Waals surface area contributed by atoms with Gasteiger partial charge in [0.05, 0.1) is 6.26 Å². The summed E-state index contributed by atoms with van der Waals surface area (Å²) >= 11 is 4.88. The molecule has 0 amide bonds. The Balaban J connectivity index is 2.98. The molecule has 1 atom stereocenters. The van der Waals surface area contributed by atoms with Crippen molar-refractivity contribution in [1.82, 2.24) is 0 Å². The molecule has 0 radical (unpaired) electrons. The van der Waals surface area contributed by atoms with Gasteiger partial charge < -0.3 is 9.42 Å². The normalized spacial score (nSPS) is 14.8. The second kappa shape index (κ2) is 3.85. The van der Waals surface area contributed by atoms with Gasteiger partial charge in [0.15, 0.2) is 0 Å². The van der Waals surface area contributed by atoms with Gasteiger partial charge in [-0.25, -0.2) is 0 Å². The Morgan fingerprint density at radius 3 is 2.50 bits per heavy atom. The van der Waals surface area contributed by atoms with Crippen LogP contribution in [0.15, 0.2) is 43.2 Å². The molecule has 12 heavy (non-hydrogen) atoms. The molecular formula is C8H9O2PS. The second-order valence-corrected chi connectivity index (χ2v) is 5.38. The summed E-state index contributed by atoms with van der Waals surface area (Å²) in [5.74, 6) is 0. The largest absolute Gasteiger partial charge is 0.449 e. The standard InChI is InChI=1S/C8H9O2PS/c1-2-10-11(9,12)8-6-4-3-5-7-8/h2-7H,1H2,(H,9,12). The third-order valence-electron chi connectivity index (χ3n) is 1.30. The first-order valence-corrected chi connectivity index (χ1v) is 6.02. The van der Waals surface area contributed by atoms with E-state index in [0.29, 0.717) is 5.30 Å². The highest BCUT2D eigenvalue weighted by Crippen LogP contribution is 2.40. The van der Waals surface area contributed by atoms with E-state index < -0.39 is 6.49 Å². The zero-order chi connectivity index (χ0) is 9.03. The van der Waals surface area contributed by atoms with Crippen LogP contribution in [-0.2, 0) is 16.3 Å². The van der Waals surface area contributed by atoms with Crippen LogP contribution in [0.2, 0.25) is 0 Å². The fourth-order valence-electron chi connectivity index (χ4n) is 0.778. The molecule has 0 aliphatic carbocycles. The van der Waals surface area contributed by atoms with E-state index in [9.17, 15) is 4.89 Å². The molecule has 0 spiro atoms. The van der Waals surface area contributed by atoms with E-state index in [2.05, 4.69) is 6.58 Å². The Kier molecular flexibility index (Phi) is 3.04. The maximum atomic E-state index is 9.62. The maximum absolute atomic E-state index is 9.62. The molecule has 64 valence electrons. The molecule has 2 nitrogen and oxygen atoms in total. The summed E-state index contributed by atoms with van der Waals surface area (Å²) in [6.45, 7) is 0.521. The predicted molar refractivity (Wildman–Crippen MR) is 53.9 cm³/mol. The van der Waals surface area contributed by atoms with Crippen LogP contribution in [0, 0.1) is 0 Å². The molecule has 0 fully saturated rings. The molecule has 0 heterocycles. The summed E-state index contributed by atoms with van der Waals surface area (Å²) in [6.07, 6.45) is 1.17. The molecule has 1 N–H and O–H groups in total. The van der Waals surface area contributed by atoms with Crippen molar-refractivity contribution in [3.8, 4) is 0 Å². The van der Waals surface area contributed by atoms with Gasteiger partial charge in [-0.2, -0.15) is 0 Å². The average Bonchev–Trinajstić information content (AvgIpc) is 2.06. The molecule has 0 saturated carbocycles. The summed E-state index contributed by atoms with van der Waals surface area (Å²) in [6, 6.07) is 8.94. The lowest BCUT2D eigenvalue weighted by Gasteiger charge is -2.13. The summed E-state index contributed by atoms with van der Waals surface area (Å²) in [7, 11) is 0. The van der Waals surface area contributed by atoms with Crippen molar-refractivity contribution in [2.45, 2.75) is 0 Å². The van der Waals surface area contributed by atoms with Crippen LogP contribution in [-0.4, -0.2) is 4.89 Å². The van der Waals surface area contributed by atoms with Crippen molar-refractivity contribution in [2.75, 3.05) is 0 Å². The van der Waals surface area contributed by atoms with E-state index in [1.54, 1.807) is 24.3 Å². The van der Waals surface area contributed by atoms with E-state index in [-0.39, 0.29) is 0 Å². The summed E-state index contributed by atoms with van der Waals surface area (Å²) < 4.78 is 4.86. The Bertz CT molecular complexity index is 310. The first kappa shape index (κ1) is 9.46. The molecule has 1 unspecified atom stereocenters. The van der Waals surface area contributed by atoms with Crippen molar-refractivity contribution in [2.24, 2.45) is 0 Å². The average molecular weight is 200 g/mol. The van der Waals surface area contributed by atoms with E-state index in [0.717, 1.165) is 0 Å². The van der Waals surface area contributed by atoms with Crippen molar-refractivity contribution >= 4 is 23.6 Å². The lowest BCUT2D eigenvalue weighted by atomic mass is 10.4. The fraction of sp³-hybridized carbons (Fsp3) is 0. The summed E-state index contributed by atoms with van der Waals surface area (Å²) in [5.41, 5.74) is 0. The highest BCUT2D eigenvalue weighted by molar-refractivity contribution is 8.13. The van der Waals surface area contributed by atoms with Crippen LogP contribution in [0.3, 0.4) is 0 Å². The Hall–Kier alpha value is -0.630. The van der Waals surface area contributed by atoms with Crippen LogP contribution < -0.4 is 5.30 Å². The van der Waals surface area contributed by atoms with Gasteiger partial charge in [0, 0.05) is 5.30 Å². The SMILES string of the molecule is C=COP(O)(=S)c1ccccc1. The van der Waals surface area contributed by atoms with Gasteiger partial charge >= 0.3 is 0 Å². The lowest BCUT2D eigenvalue weighted by Crippen LogP contribution is -2.03. The molecule has 4 heteroatoms. The van der Waals surface area contributed by atoms with E-state index in [4.69, 9.17) is 16.3 Å². The number of hydrogen-bond acceptors (Lipinski definition) is 2. The van der Waals surface area contributed by atoms with Crippen LogP contribution in [0.4, 0.5) is 0 Å². The minimum Gasteiger partial charge on any atom is -0.449 e. The minimum absolute atomic E-state index is 0.639. The Morgan fingerprint density at radius 1 is 1.42 bits per heavy atom. The molecule has 0 aromatic heterocycles. The van der Waals surface area contributed by atoms with Gasteiger partial charge in [-0.15, -0.1) is 0 Å². The van der Waals surface area contributed by atoms with E-state index >= 15 is 0 Å². The number of benzene rings is 1. The molecule has 0 saturated heterocycles. The smallest absolute Gasteiger partial charge is 0.265 e. The van der Waals surface area contributed by atoms with Crippen molar-refractivity contribution in [3.05, 3.63) is 43.2 Å².